The SMILES string of the molecule is Cc1cc2c3c(c1)N(c1cc4c(cc1-c1ccccc1)C(C)(C)CCC4(C)C)c1oc4c(c1B3c1cc3c(cc1N2c1ccc2c(c1)C(C)(C)CCC2(C)C)C1(C)CCC3(C)CC1)C(C)(C)CCC4(C)C. The Hall–Kier alpha value is -4.96. The smallest absolute Gasteiger partial charge is 0.256 e. The zero-order valence-corrected chi connectivity index (χ0v) is 46.0. The summed E-state index contributed by atoms with van der Waals surface area (Å²) in [6.07, 6.45) is 12.0. The van der Waals surface area contributed by atoms with Crippen molar-refractivity contribution in [3.8, 4) is 11.1 Å². The van der Waals surface area contributed by atoms with Gasteiger partial charge in [0.25, 0.3) is 6.71 Å². The van der Waals surface area contributed by atoms with Crippen LogP contribution in [0, 0.1) is 6.92 Å². The first-order valence-electron chi connectivity index (χ1n) is 27.8. The van der Waals surface area contributed by atoms with Crippen LogP contribution in [0.2, 0.25) is 0 Å². The number of aryl methyl sites for hydroxylation is 1. The second-order valence-corrected chi connectivity index (χ2v) is 28.7. The molecule has 0 unspecified atom stereocenters. The van der Waals surface area contributed by atoms with Crippen molar-refractivity contribution in [3.63, 3.8) is 0 Å². The summed E-state index contributed by atoms with van der Waals surface area (Å²) in [6, 6.07) is 34.7. The van der Waals surface area contributed by atoms with E-state index in [0.717, 1.165) is 25.1 Å². The second-order valence-electron chi connectivity index (χ2n) is 28.7. The normalized spacial score (nSPS) is 25.8. The number of hydrogen-bond donors (Lipinski definition) is 0. The van der Waals surface area contributed by atoms with E-state index < -0.39 is 0 Å². The van der Waals surface area contributed by atoms with E-state index in [-0.39, 0.29) is 50.0 Å². The number of fused-ring (bicyclic) bond motifs is 10. The molecule has 0 N–H and O–H groups in total. The van der Waals surface area contributed by atoms with Gasteiger partial charge in [-0.1, -0.05) is 139 Å². The van der Waals surface area contributed by atoms with Crippen LogP contribution < -0.4 is 26.2 Å². The van der Waals surface area contributed by atoms with Gasteiger partial charge in [0.05, 0.1) is 5.69 Å². The molecule has 71 heavy (non-hydrogen) atoms. The average molecular weight is 939 g/mol. The molecule has 4 heteroatoms. The lowest BCUT2D eigenvalue weighted by Gasteiger charge is -2.53. The quantitative estimate of drug-likeness (QED) is 0.165. The number of nitrogens with zero attached hydrogens (tertiary/aromatic N) is 2. The van der Waals surface area contributed by atoms with Crippen LogP contribution in [-0.4, -0.2) is 6.71 Å². The largest absolute Gasteiger partial charge is 0.444 e. The van der Waals surface area contributed by atoms with Gasteiger partial charge in [-0.2, -0.15) is 0 Å². The van der Waals surface area contributed by atoms with E-state index >= 15 is 0 Å². The van der Waals surface area contributed by atoms with Crippen molar-refractivity contribution in [2.75, 3.05) is 9.80 Å². The van der Waals surface area contributed by atoms with Gasteiger partial charge in [-0.05, 0) is 218 Å². The lowest BCUT2D eigenvalue weighted by atomic mass is 9.32. The third-order valence-corrected chi connectivity index (χ3v) is 21.0. The molecule has 3 heterocycles. The highest BCUT2D eigenvalue weighted by atomic mass is 16.4. The summed E-state index contributed by atoms with van der Waals surface area (Å²) in [5, 5.41) is 0. The summed E-state index contributed by atoms with van der Waals surface area (Å²) in [5.41, 5.74) is 25.6. The molecule has 0 spiro atoms. The van der Waals surface area contributed by atoms with Gasteiger partial charge >= 0.3 is 0 Å². The van der Waals surface area contributed by atoms with Gasteiger partial charge in [0.2, 0.25) is 0 Å². The molecule has 5 aromatic carbocycles. The molecule has 3 nitrogen and oxygen atoms in total. The molecule has 8 aliphatic rings. The first-order chi connectivity index (χ1) is 33.3. The zero-order chi connectivity index (χ0) is 50.0. The summed E-state index contributed by atoms with van der Waals surface area (Å²) in [7, 11) is 0. The minimum atomic E-state index is -0.118. The number of benzene rings is 5. The number of anilines is 6. The van der Waals surface area contributed by atoms with Gasteiger partial charge in [-0.3, -0.25) is 4.90 Å². The maximum absolute atomic E-state index is 7.91. The predicted molar refractivity (Wildman–Crippen MR) is 302 cm³/mol. The Balaban J connectivity index is 1.19. The summed E-state index contributed by atoms with van der Waals surface area (Å²) < 4.78 is 7.91. The number of rotatable bonds is 3. The zero-order valence-electron chi connectivity index (χ0n) is 46.0. The van der Waals surface area contributed by atoms with Gasteiger partial charge in [0, 0.05) is 33.7 Å². The molecule has 2 bridgehead atoms. The van der Waals surface area contributed by atoms with Crippen LogP contribution in [0.25, 0.3) is 11.1 Å². The molecule has 366 valence electrons. The first kappa shape index (κ1) is 45.9. The van der Waals surface area contributed by atoms with Gasteiger partial charge < -0.3 is 9.32 Å². The van der Waals surface area contributed by atoms with Crippen LogP contribution >= 0.6 is 0 Å². The topological polar surface area (TPSA) is 19.6 Å². The van der Waals surface area contributed by atoms with E-state index in [1.54, 1.807) is 11.1 Å². The summed E-state index contributed by atoms with van der Waals surface area (Å²) in [6.45, 7) is 37.3. The molecule has 6 aromatic rings. The minimum absolute atomic E-state index is 0.00196. The van der Waals surface area contributed by atoms with E-state index in [9.17, 15) is 0 Å². The molecule has 2 aliphatic heterocycles. The van der Waals surface area contributed by atoms with Crippen LogP contribution in [0.1, 0.15) is 211 Å². The molecule has 1 saturated carbocycles. The van der Waals surface area contributed by atoms with Gasteiger partial charge in [0.15, 0.2) is 5.88 Å². The fraction of sp³-hybridized carbons (Fsp3) is 0.493. The van der Waals surface area contributed by atoms with Crippen molar-refractivity contribution in [3.05, 3.63) is 135 Å². The van der Waals surface area contributed by atoms with Gasteiger partial charge in [-0.25, -0.2) is 0 Å². The summed E-state index contributed by atoms with van der Waals surface area (Å²) in [5.74, 6) is 2.22. The number of hydrogen-bond acceptors (Lipinski definition) is 3. The highest BCUT2D eigenvalue weighted by Gasteiger charge is 2.55. The monoisotopic (exact) mass is 939 g/mol. The van der Waals surface area contributed by atoms with Gasteiger partial charge in [0.1, 0.15) is 5.76 Å². The molecule has 14 rings (SSSR count). The van der Waals surface area contributed by atoms with Crippen LogP contribution in [0.15, 0.2) is 89.3 Å². The Bertz CT molecular complexity index is 3270. The lowest BCUT2D eigenvalue weighted by molar-refractivity contribution is 0.188. The first-order valence-corrected chi connectivity index (χ1v) is 27.8. The van der Waals surface area contributed by atoms with Crippen molar-refractivity contribution in [1.29, 1.82) is 0 Å². The minimum Gasteiger partial charge on any atom is -0.444 e. The molecular formula is C67H79BN2O. The highest BCUT2D eigenvalue weighted by Crippen LogP contribution is 2.60. The van der Waals surface area contributed by atoms with E-state index in [1.807, 2.05) is 0 Å². The van der Waals surface area contributed by atoms with Crippen molar-refractivity contribution < 1.29 is 4.42 Å². The fourth-order valence-corrected chi connectivity index (χ4v) is 15.8. The molecule has 0 saturated heterocycles. The van der Waals surface area contributed by atoms with E-state index in [2.05, 4.69) is 199 Å². The fourth-order valence-electron chi connectivity index (χ4n) is 15.8. The summed E-state index contributed by atoms with van der Waals surface area (Å²) >= 11 is 0. The molecule has 0 amide bonds. The Morgan fingerprint density at radius 2 is 0.930 bits per heavy atom. The van der Waals surface area contributed by atoms with Crippen molar-refractivity contribution in [2.24, 2.45) is 0 Å². The van der Waals surface area contributed by atoms with E-state index in [0.29, 0.717) is 0 Å². The Kier molecular flexibility index (Phi) is 9.18. The third kappa shape index (κ3) is 6.27. The Morgan fingerprint density at radius 3 is 1.55 bits per heavy atom. The van der Waals surface area contributed by atoms with Gasteiger partial charge in [-0.15, -0.1) is 0 Å². The van der Waals surface area contributed by atoms with Crippen LogP contribution in [-0.2, 0) is 43.3 Å². The molecular weight excluding hydrogens is 860 g/mol. The molecule has 6 aliphatic carbocycles. The highest BCUT2D eigenvalue weighted by molar-refractivity contribution is 7.00. The molecule has 0 radical (unpaired) electrons. The average Bonchev–Trinajstić information content (AvgIpc) is 3.74. The lowest BCUT2D eigenvalue weighted by Crippen LogP contribution is -2.63. The van der Waals surface area contributed by atoms with Crippen molar-refractivity contribution >= 4 is 57.4 Å². The van der Waals surface area contributed by atoms with Crippen LogP contribution in [0.4, 0.5) is 34.3 Å². The predicted octanol–water partition coefficient (Wildman–Crippen LogP) is 16.5. The molecule has 1 aromatic heterocycles. The third-order valence-electron chi connectivity index (χ3n) is 21.0. The second kappa shape index (κ2) is 14.2. The standard InChI is InChI=1S/C67H79BN2O/c1-40-33-53-56-54(34-40)70(51-38-47-46(62(6,7)25-26-63(47,8)9)36-43(51)41-19-17-16-18-20-41)59-57(55-58(71-59)65(12,13)28-27-64(55,10)11)68(56)50-37-48-49(67(15)31-29-66(48,14)30-32-67)39-52(50)69(53)42-21-22-44-45(35-42)61(4,5)24-23-60(44,2)3/h16-22,33-39H,23-32H2,1-15H3. The van der Waals surface area contributed by atoms with Crippen LogP contribution in [0.3, 0.4) is 0 Å². The Morgan fingerprint density at radius 1 is 0.423 bits per heavy atom. The maximum atomic E-state index is 7.91. The van der Waals surface area contributed by atoms with Crippen molar-refractivity contribution in [2.45, 2.75) is 211 Å². The number of furan rings is 1. The van der Waals surface area contributed by atoms with E-state index in [1.165, 1.54) is 140 Å². The Labute approximate surface area is 427 Å². The molecule has 0 atom stereocenters. The summed E-state index contributed by atoms with van der Waals surface area (Å²) in [4.78, 5) is 5.41. The van der Waals surface area contributed by atoms with Crippen LogP contribution in [0.5, 0.6) is 0 Å². The molecule has 1 fully saturated rings. The maximum Gasteiger partial charge on any atom is 0.256 e. The van der Waals surface area contributed by atoms with E-state index in [4.69, 9.17) is 4.42 Å². The van der Waals surface area contributed by atoms with Crippen molar-refractivity contribution in [1.82, 2.24) is 0 Å².